The number of aryl methyl sites for hydroxylation is 2. The van der Waals surface area contributed by atoms with E-state index in [1.807, 2.05) is 56.3 Å². The number of rotatable bonds is 8. The number of carbonyl (C=O) groups excluding carboxylic acids is 2. The van der Waals surface area contributed by atoms with Gasteiger partial charge in [0.15, 0.2) is 10.1 Å². The summed E-state index contributed by atoms with van der Waals surface area (Å²) in [5.41, 5.74) is 7.76. The first-order valence-electron chi connectivity index (χ1n) is 8.91. The molecule has 0 radical (unpaired) electrons. The van der Waals surface area contributed by atoms with Gasteiger partial charge < -0.3 is 15.8 Å². The molecule has 3 N–H and O–H groups in total. The summed E-state index contributed by atoms with van der Waals surface area (Å²) in [7, 11) is 0. The minimum absolute atomic E-state index is 0.167. The Morgan fingerprint density at radius 3 is 2.59 bits per heavy atom. The molecular formula is C21H21N3O3S2. The number of primary amides is 1. The van der Waals surface area contributed by atoms with Crippen LogP contribution >= 0.6 is 23.1 Å². The zero-order chi connectivity index (χ0) is 20.8. The van der Waals surface area contributed by atoms with Gasteiger partial charge in [-0.3, -0.25) is 9.59 Å². The average molecular weight is 428 g/mol. The fraction of sp³-hybridized carbons (Fsp3) is 0.190. The summed E-state index contributed by atoms with van der Waals surface area (Å²) in [6, 6.07) is 15.0. The van der Waals surface area contributed by atoms with E-state index >= 15 is 0 Å². The number of para-hydroxylation sites is 2. The first-order chi connectivity index (χ1) is 13.9. The summed E-state index contributed by atoms with van der Waals surface area (Å²) in [6.45, 7) is 3.84. The Bertz CT molecular complexity index is 1020. The summed E-state index contributed by atoms with van der Waals surface area (Å²) >= 11 is 2.71. The number of benzene rings is 2. The molecular weight excluding hydrogens is 406 g/mol. The minimum atomic E-state index is -0.392. The lowest BCUT2D eigenvalue weighted by Gasteiger charge is -2.12. The molecule has 0 aliphatic heterocycles. The van der Waals surface area contributed by atoms with Crippen molar-refractivity contribution in [2.45, 2.75) is 24.6 Å². The van der Waals surface area contributed by atoms with Crippen LogP contribution < -0.4 is 15.8 Å². The predicted octanol–water partition coefficient (Wildman–Crippen LogP) is 4.31. The molecule has 0 atom stereocenters. The quantitative estimate of drug-likeness (QED) is 0.523. The number of anilines is 1. The van der Waals surface area contributed by atoms with Crippen LogP contribution in [0, 0.1) is 13.8 Å². The maximum atomic E-state index is 12.4. The van der Waals surface area contributed by atoms with E-state index in [0.717, 1.165) is 20.5 Å². The summed E-state index contributed by atoms with van der Waals surface area (Å²) in [6.07, 6.45) is 0.167. The SMILES string of the molecule is Cc1ccc(Oc2ccccc2NC(=O)CSc2nc(C)c(CC(N)=O)s2)cc1. The number of hydrogen-bond donors (Lipinski definition) is 2. The molecule has 0 unspecified atom stereocenters. The molecule has 3 aromatic rings. The molecule has 29 heavy (non-hydrogen) atoms. The monoisotopic (exact) mass is 427 g/mol. The number of ether oxygens (including phenoxy) is 1. The van der Waals surface area contributed by atoms with Crippen molar-refractivity contribution >= 4 is 40.6 Å². The van der Waals surface area contributed by atoms with Crippen molar-refractivity contribution in [3.8, 4) is 11.5 Å². The third kappa shape index (κ3) is 6.07. The number of nitrogens with two attached hydrogens (primary N) is 1. The van der Waals surface area contributed by atoms with Crippen molar-refractivity contribution in [1.29, 1.82) is 0 Å². The maximum Gasteiger partial charge on any atom is 0.234 e. The molecule has 0 saturated heterocycles. The summed E-state index contributed by atoms with van der Waals surface area (Å²) in [5, 5.41) is 2.88. The van der Waals surface area contributed by atoms with Gasteiger partial charge in [0.1, 0.15) is 5.75 Å². The highest BCUT2D eigenvalue weighted by molar-refractivity contribution is 8.01. The van der Waals surface area contributed by atoms with Gasteiger partial charge in [-0.25, -0.2) is 4.98 Å². The number of carbonyl (C=O) groups is 2. The lowest BCUT2D eigenvalue weighted by molar-refractivity contribution is -0.117. The number of thiazole rings is 1. The van der Waals surface area contributed by atoms with Crippen LogP contribution in [0.3, 0.4) is 0 Å². The molecule has 0 aliphatic carbocycles. The Morgan fingerprint density at radius 1 is 1.14 bits per heavy atom. The third-order valence-electron chi connectivity index (χ3n) is 3.94. The molecule has 0 spiro atoms. The molecule has 0 saturated carbocycles. The van der Waals surface area contributed by atoms with E-state index in [2.05, 4.69) is 10.3 Å². The van der Waals surface area contributed by atoms with Crippen LogP contribution in [-0.4, -0.2) is 22.6 Å². The van der Waals surface area contributed by atoms with Crippen molar-refractivity contribution in [3.63, 3.8) is 0 Å². The zero-order valence-corrected chi connectivity index (χ0v) is 17.7. The van der Waals surface area contributed by atoms with Crippen LogP contribution in [0.4, 0.5) is 5.69 Å². The highest BCUT2D eigenvalue weighted by atomic mass is 32.2. The summed E-state index contributed by atoms with van der Waals surface area (Å²) < 4.78 is 6.64. The molecule has 1 heterocycles. The van der Waals surface area contributed by atoms with Gasteiger partial charge in [0.05, 0.1) is 23.6 Å². The van der Waals surface area contributed by atoms with Gasteiger partial charge in [0.25, 0.3) is 0 Å². The zero-order valence-electron chi connectivity index (χ0n) is 16.1. The average Bonchev–Trinajstić information content (AvgIpc) is 3.02. The van der Waals surface area contributed by atoms with Crippen LogP contribution in [0.15, 0.2) is 52.9 Å². The molecule has 1 aromatic heterocycles. The van der Waals surface area contributed by atoms with E-state index in [4.69, 9.17) is 10.5 Å². The second-order valence-electron chi connectivity index (χ2n) is 6.38. The van der Waals surface area contributed by atoms with Gasteiger partial charge in [0.2, 0.25) is 11.8 Å². The van der Waals surface area contributed by atoms with E-state index in [0.29, 0.717) is 17.2 Å². The van der Waals surface area contributed by atoms with Crippen molar-refractivity contribution in [2.24, 2.45) is 5.73 Å². The van der Waals surface area contributed by atoms with E-state index in [1.54, 1.807) is 6.07 Å². The highest BCUT2D eigenvalue weighted by Gasteiger charge is 2.13. The maximum absolute atomic E-state index is 12.4. The number of hydrogen-bond acceptors (Lipinski definition) is 6. The fourth-order valence-electron chi connectivity index (χ4n) is 2.49. The fourth-order valence-corrected chi connectivity index (χ4v) is 4.53. The number of aromatic nitrogens is 1. The van der Waals surface area contributed by atoms with Gasteiger partial charge in [-0.1, -0.05) is 41.6 Å². The first kappa shape index (κ1) is 20.9. The van der Waals surface area contributed by atoms with Gasteiger partial charge in [-0.05, 0) is 38.1 Å². The topological polar surface area (TPSA) is 94.3 Å². The Labute approximate surface area is 177 Å². The standard InChI is InChI=1S/C21H21N3O3S2/c1-13-7-9-15(10-8-13)27-17-6-4-3-5-16(17)24-20(26)12-28-21-23-14(2)18(29-21)11-19(22)25/h3-10H,11-12H2,1-2H3,(H2,22,25)(H,24,26). The molecule has 6 nitrogen and oxygen atoms in total. The predicted molar refractivity (Wildman–Crippen MR) is 117 cm³/mol. The Morgan fingerprint density at radius 2 is 1.86 bits per heavy atom. The molecule has 2 aromatic carbocycles. The van der Waals surface area contributed by atoms with Crippen molar-refractivity contribution in [1.82, 2.24) is 4.98 Å². The minimum Gasteiger partial charge on any atom is -0.455 e. The van der Waals surface area contributed by atoms with Crippen LogP contribution in [-0.2, 0) is 16.0 Å². The van der Waals surface area contributed by atoms with E-state index in [1.165, 1.54) is 23.1 Å². The summed E-state index contributed by atoms with van der Waals surface area (Å²) in [4.78, 5) is 28.7. The van der Waals surface area contributed by atoms with E-state index < -0.39 is 5.91 Å². The number of nitrogens with one attached hydrogen (secondary N) is 1. The molecule has 2 amide bonds. The van der Waals surface area contributed by atoms with Crippen molar-refractivity contribution in [2.75, 3.05) is 11.1 Å². The Balaban J connectivity index is 1.61. The third-order valence-corrected chi connectivity index (χ3v) is 6.24. The lowest BCUT2D eigenvalue weighted by atomic mass is 10.2. The largest absolute Gasteiger partial charge is 0.455 e. The van der Waals surface area contributed by atoms with Gasteiger partial charge in [-0.2, -0.15) is 0 Å². The van der Waals surface area contributed by atoms with Crippen LogP contribution in [0.5, 0.6) is 11.5 Å². The molecule has 0 aliphatic rings. The molecule has 3 rings (SSSR count). The number of amides is 2. The molecule has 0 fully saturated rings. The molecule has 0 bridgehead atoms. The van der Waals surface area contributed by atoms with Crippen molar-refractivity contribution in [3.05, 3.63) is 64.7 Å². The number of nitrogens with zero attached hydrogens (tertiary/aromatic N) is 1. The van der Waals surface area contributed by atoms with Gasteiger partial charge in [-0.15, -0.1) is 11.3 Å². The summed E-state index contributed by atoms with van der Waals surface area (Å²) in [5.74, 6) is 0.910. The first-order valence-corrected chi connectivity index (χ1v) is 10.7. The van der Waals surface area contributed by atoms with Crippen LogP contribution in [0.1, 0.15) is 16.1 Å². The smallest absolute Gasteiger partial charge is 0.234 e. The molecule has 150 valence electrons. The second-order valence-corrected chi connectivity index (χ2v) is 8.69. The Hall–Kier alpha value is -2.84. The van der Waals surface area contributed by atoms with Gasteiger partial charge >= 0.3 is 0 Å². The second kappa shape index (κ2) is 9.58. The van der Waals surface area contributed by atoms with Gasteiger partial charge in [0, 0.05) is 4.88 Å². The van der Waals surface area contributed by atoms with Crippen LogP contribution in [0.25, 0.3) is 0 Å². The van der Waals surface area contributed by atoms with Crippen molar-refractivity contribution < 1.29 is 14.3 Å². The molecule has 8 heteroatoms. The highest BCUT2D eigenvalue weighted by Crippen LogP contribution is 2.31. The lowest BCUT2D eigenvalue weighted by Crippen LogP contribution is -2.14. The normalized spacial score (nSPS) is 10.6. The van der Waals surface area contributed by atoms with E-state index in [-0.39, 0.29) is 18.1 Å². The Kier molecular flexibility index (Phi) is 6.90. The van der Waals surface area contributed by atoms with E-state index in [9.17, 15) is 9.59 Å². The van der Waals surface area contributed by atoms with Crippen LogP contribution in [0.2, 0.25) is 0 Å². The number of thioether (sulfide) groups is 1.